The van der Waals surface area contributed by atoms with Gasteiger partial charge in [-0.25, -0.2) is 4.98 Å². The van der Waals surface area contributed by atoms with Crippen LogP contribution in [-0.4, -0.2) is 60.4 Å². The van der Waals surface area contributed by atoms with Gasteiger partial charge in [-0.05, 0) is 94.7 Å². The van der Waals surface area contributed by atoms with Crippen molar-refractivity contribution in [1.82, 2.24) is 9.88 Å². The van der Waals surface area contributed by atoms with E-state index in [1.807, 2.05) is 18.2 Å². The topological polar surface area (TPSA) is 74.8 Å². The molecule has 0 bridgehead atoms. The largest absolute Gasteiger partial charge is 0.478 e. The smallest absolute Gasteiger partial charge is 0.265 e. The number of ketones is 1. The normalized spacial score (nSPS) is 17.5. The van der Waals surface area contributed by atoms with Crippen LogP contribution in [0.2, 0.25) is 10.0 Å². The van der Waals surface area contributed by atoms with Gasteiger partial charge in [0.15, 0.2) is 11.9 Å². The van der Waals surface area contributed by atoms with Crippen molar-refractivity contribution in [3.63, 3.8) is 0 Å². The summed E-state index contributed by atoms with van der Waals surface area (Å²) in [5, 5.41) is 4.41. The number of rotatable bonds is 8. The maximum atomic E-state index is 13.0. The first-order valence-electron chi connectivity index (χ1n) is 13.7. The number of halogens is 2. The molecule has 0 aliphatic carbocycles. The third kappa shape index (κ3) is 6.32. The fourth-order valence-electron chi connectivity index (χ4n) is 5.44. The molecule has 0 spiro atoms. The third-order valence-electron chi connectivity index (χ3n) is 7.56. The van der Waals surface area contributed by atoms with Crippen LogP contribution in [0.25, 0.3) is 10.9 Å². The summed E-state index contributed by atoms with van der Waals surface area (Å²) in [5.74, 6) is 0.526. The highest BCUT2D eigenvalue weighted by Crippen LogP contribution is 2.37. The molecule has 1 amide bonds. The van der Waals surface area contributed by atoms with Gasteiger partial charge in [-0.15, -0.1) is 0 Å². The van der Waals surface area contributed by atoms with Crippen molar-refractivity contribution < 1.29 is 14.3 Å². The summed E-state index contributed by atoms with van der Waals surface area (Å²) in [6, 6.07) is 10.8. The van der Waals surface area contributed by atoms with Crippen LogP contribution < -0.4 is 15.0 Å². The quantitative estimate of drug-likeness (QED) is 0.333. The number of piperidine rings is 1. The third-order valence-corrected chi connectivity index (χ3v) is 8.06. The molecule has 7 nitrogen and oxygen atoms in total. The van der Waals surface area contributed by atoms with Gasteiger partial charge in [0.2, 0.25) is 0 Å². The number of nitrogens with zero attached hydrogens (tertiary/aromatic N) is 3. The molecule has 1 saturated heterocycles. The van der Waals surface area contributed by atoms with Gasteiger partial charge in [0.1, 0.15) is 11.6 Å². The number of carbonyl (C=O) groups excluding carboxylic acids is 2. The van der Waals surface area contributed by atoms with Gasteiger partial charge in [-0.1, -0.05) is 29.6 Å². The lowest BCUT2D eigenvalue weighted by atomic mass is 10.00. The molecule has 1 aromatic heterocycles. The van der Waals surface area contributed by atoms with Crippen molar-refractivity contribution in [3.05, 3.63) is 57.6 Å². The van der Waals surface area contributed by atoms with Crippen molar-refractivity contribution in [1.29, 1.82) is 0 Å². The summed E-state index contributed by atoms with van der Waals surface area (Å²) in [5.41, 5.74) is 2.87. The Hall–Kier alpha value is -2.87. The lowest BCUT2D eigenvalue weighted by Crippen LogP contribution is -2.38. The Morgan fingerprint density at radius 1 is 1.15 bits per heavy atom. The van der Waals surface area contributed by atoms with E-state index >= 15 is 0 Å². The molecule has 39 heavy (non-hydrogen) atoms. The van der Waals surface area contributed by atoms with Crippen LogP contribution in [0.1, 0.15) is 54.9 Å². The zero-order chi connectivity index (χ0) is 27.5. The van der Waals surface area contributed by atoms with Gasteiger partial charge in [0.05, 0.1) is 22.5 Å². The number of aromatic nitrogens is 1. The van der Waals surface area contributed by atoms with Crippen molar-refractivity contribution >= 4 is 57.3 Å². The second kappa shape index (κ2) is 12.1. The zero-order valence-electron chi connectivity index (χ0n) is 22.4. The molecule has 3 heterocycles. The van der Waals surface area contributed by atoms with E-state index in [-0.39, 0.29) is 23.0 Å². The Bertz CT molecular complexity index is 1390. The zero-order valence-corrected chi connectivity index (χ0v) is 23.9. The fraction of sp³-hybridized carbons (Fsp3) is 0.433. The van der Waals surface area contributed by atoms with E-state index in [9.17, 15) is 9.59 Å². The average molecular weight is 570 g/mol. The predicted molar refractivity (Wildman–Crippen MR) is 158 cm³/mol. The van der Waals surface area contributed by atoms with E-state index in [4.69, 9.17) is 32.9 Å². The second-order valence-corrected chi connectivity index (χ2v) is 11.2. The minimum absolute atomic E-state index is 0.0857. The molecule has 0 radical (unpaired) electrons. The number of carbonyl (C=O) groups is 2. The molecule has 0 saturated carbocycles. The Morgan fingerprint density at radius 2 is 1.95 bits per heavy atom. The van der Waals surface area contributed by atoms with Gasteiger partial charge in [0, 0.05) is 29.2 Å². The molecular weight excluding hydrogens is 535 g/mol. The minimum atomic E-state index is -0.982. The lowest BCUT2D eigenvalue weighted by molar-refractivity contribution is -0.122. The number of likely N-dealkylation sites (tertiary alicyclic amines) is 1. The Labute approximate surface area is 239 Å². The molecular formula is C30H34Cl2N4O3. The maximum Gasteiger partial charge on any atom is 0.265 e. The fourth-order valence-corrected chi connectivity index (χ4v) is 5.98. The minimum Gasteiger partial charge on any atom is -0.478 e. The number of benzene rings is 2. The molecule has 2 aliphatic heterocycles. The standard InChI is InChI=1S/C30H34Cl2N4O3/c1-3-36(13-7-12-35-10-5-4-6-11-35)28-14-19(2)22-17-21(8-9-25(22)34-28)33-30(38)27-18-26(37)23-15-20(31)16-24(32)29(23)39-27/h8-9,14-17,27H,3-7,10-13,18H2,1-2H3,(H,33,38). The maximum absolute atomic E-state index is 13.0. The lowest BCUT2D eigenvalue weighted by Gasteiger charge is -2.28. The van der Waals surface area contributed by atoms with Gasteiger partial charge in [-0.3, -0.25) is 9.59 Å². The SMILES string of the molecule is CCN(CCCN1CCCCC1)c1cc(C)c2cc(NC(=O)C3CC(=O)c4cc(Cl)cc(Cl)c4O3)ccc2n1. The number of nitrogens with one attached hydrogen (secondary N) is 1. The number of hydrogen-bond acceptors (Lipinski definition) is 6. The summed E-state index contributed by atoms with van der Waals surface area (Å²) in [6.07, 6.45) is 4.04. The van der Waals surface area contributed by atoms with E-state index in [2.05, 4.69) is 35.0 Å². The Kier molecular flexibility index (Phi) is 8.60. The van der Waals surface area contributed by atoms with Crippen LogP contribution in [0.3, 0.4) is 0 Å². The van der Waals surface area contributed by atoms with Crippen LogP contribution in [0.4, 0.5) is 11.5 Å². The van der Waals surface area contributed by atoms with E-state index in [1.165, 1.54) is 44.5 Å². The van der Waals surface area contributed by atoms with Crippen molar-refractivity contribution in [2.75, 3.05) is 42.9 Å². The molecule has 5 rings (SSSR count). The summed E-state index contributed by atoms with van der Waals surface area (Å²) < 4.78 is 5.81. The first kappa shape index (κ1) is 27.7. The summed E-state index contributed by atoms with van der Waals surface area (Å²) in [7, 11) is 0. The van der Waals surface area contributed by atoms with Crippen LogP contribution in [0.15, 0.2) is 36.4 Å². The number of Topliss-reactive ketones (excluding diaryl/α,β-unsaturated/α-hetero) is 1. The van der Waals surface area contributed by atoms with Crippen LogP contribution in [0.5, 0.6) is 5.75 Å². The van der Waals surface area contributed by atoms with Crippen LogP contribution in [0, 0.1) is 6.92 Å². The van der Waals surface area contributed by atoms with Crippen molar-refractivity contribution in [2.45, 2.75) is 52.1 Å². The molecule has 206 valence electrons. The molecule has 1 N–H and O–H groups in total. The average Bonchev–Trinajstić information content (AvgIpc) is 2.92. The van der Waals surface area contributed by atoms with Gasteiger partial charge in [-0.2, -0.15) is 0 Å². The van der Waals surface area contributed by atoms with E-state index < -0.39 is 12.0 Å². The van der Waals surface area contributed by atoms with E-state index in [1.54, 1.807) is 0 Å². The predicted octanol–water partition coefficient (Wildman–Crippen LogP) is 6.52. The monoisotopic (exact) mass is 568 g/mol. The van der Waals surface area contributed by atoms with Gasteiger partial charge < -0.3 is 19.9 Å². The number of amides is 1. The molecule has 1 unspecified atom stereocenters. The van der Waals surface area contributed by atoms with Crippen LogP contribution in [-0.2, 0) is 4.79 Å². The summed E-state index contributed by atoms with van der Waals surface area (Å²) in [6.45, 7) is 9.67. The molecule has 1 fully saturated rings. The number of anilines is 2. The highest BCUT2D eigenvalue weighted by atomic mass is 35.5. The Balaban J connectivity index is 1.26. The van der Waals surface area contributed by atoms with E-state index in [0.29, 0.717) is 16.3 Å². The molecule has 1 atom stereocenters. The van der Waals surface area contributed by atoms with Gasteiger partial charge in [0.25, 0.3) is 5.91 Å². The molecule has 9 heteroatoms. The Morgan fingerprint density at radius 3 is 2.72 bits per heavy atom. The molecule has 3 aromatic rings. The second-order valence-electron chi connectivity index (χ2n) is 10.4. The highest BCUT2D eigenvalue weighted by molar-refractivity contribution is 6.36. The first-order chi connectivity index (χ1) is 18.8. The molecule has 2 aromatic carbocycles. The van der Waals surface area contributed by atoms with Crippen LogP contribution >= 0.6 is 23.2 Å². The van der Waals surface area contributed by atoms with Gasteiger partial charge >= 0.3 is 0 Å². The summed E-state index contributed by atoms with van der Waals surface area (Å²) in [4.78, 5) is 35.5. The van der Waals surface area contributed by atoms with Crippen molar-refractivity contribution in [3.8, 4) is 5.75 Å². The van der Waals surface area contributed by atoms with Crippen molar-refractivity contribution in [2.24, 2.45) is 0 Å². The summed E-state index contributed by atoms with van der Waals surface area (Å²) >= 11 is 12.2. The number of pyridine rings is 1. The number of fused-ring (bicyclic) bond motifs is 2. The van der Waals surface area contributed by atoms with E-state index in [0.717, 1.165) is 48.3 Å². The number of ether oxygens (including phenoxy) is 1. The number of aryl methyl sites for hydroxylation is 1. The number of hydrogen-bond donors (Lipinski definition) is 1. The highest BCUT2D eigenvalue weighted by Gasteiger charge is 2.33. The first-order valence-corrected chi connectivity index (χ1v) is 14.5. The molecule has 2 aliphatic rings.